The van der Waals surface area contributed by atoms with Crippen LogP contribution in [0.15, 0.2) is 41.5 Å². The third-order valence-electron chi connectivity index (χ3n) is 5.04. The lowest BCUT2D eigenvalue weighted by molar-refractivity contribution is 0.569. The molecule has 128 valence electrons. The van der Waals surface area contributed by atoms with Crippen LogP contribution in [0.4, 0.5) is 5.95 Å². The van der Waals surface area contributed by atoms with Crippen LogP contribution in [0, 0.1) is 13.8 Å². The topological polar surface area (TPSA) is 51.0 Å². The van der Waals surface area contributed by atoms with Crippen LogP contribution in [0.2, 0.25) is 0 Å². The molecule has 5 nitrogen and oxygen atoms in total. The molecule has 0 atom stereocenters. The zero-order valence-electron chi connectivity index (χ0n) is 14.7. The zero-order valence-corrected chi connectivity index (χ0v) is 14.7. The van der Waals surface area contributed by atoms with Crippen molar-refractivity contribution in [1.82, 2.24) is 14.5 Å². The highest BCUT2D eigenvalue weighted by molar-refractivity contribution is 5.78. The molecule has 0 unspecified atom stereocenters. The number of anilines is 1. The molecule has 0 radical (unpaired) electrons. The molecule has 1 aromatic carbocycles. The lowest BCUT2D eigenvalue weighted by atomic mass is 10.1. The van der Waals surface area contributed by atoms with Gasteiger partial charge in [0.2, 0.25) is 5.95 Å². The largest absolute Gasteiger partial charge is 0.341 e. The van der Waals surface area contributed by atoms with E-state index >= 15 is 0 Å². The molecule has 0 saturated carbocycles. The summed E-state index contributed by atoms with van der Waals surface area (Å²) in [4.78, 5) is 24.2. The van der Waals surface area contributed by atoms with Gasteiger partial charge >= 0.3 is 0 Å². The highest BCUT2D eigenvalue weighted by Gasteiger charge is 2.15. The van der Waals surface area contributed by atoms with Gasteiger partial charge in [-0.3, -0.25) is 9.36 Å². The summed E-state index contributed by atoms with van der Waals surface area (Å²) < 4.78 is 1.67. The Kier molecular flexibility index (Phi) is 3.99. The van der Waals surface area contributed by atoms with Gasteiger partial charge in [-0.25, -0.2) is 9.97 Å². The third kappa shape index (κ3) is 2.90. The number of pyridine rings is 1. The van der Waals surface area contributed by atoms with Gasteiger partial charge in [0.1, 0.15) is 0 Å². The highest BCUT2D eigenvalue weighted by atomic mass is 16.1. The first-order chi connectivity index (χ1) is 12.1. The van der Waals surface area contributed by atoms with Crippen molar-refractivity contribution in [3.63, 3.8) is 0 Å². The quantitative estimate of drug-likeness (QED) is 0.721. The molecular formula is C20H22N4O. The van der Waals surface area contributed by atoms with Crippen molar-refractivity contribution in [2.24, 2.45) is 0 Å². The number of fused-ring (bicyclic) bond motifs is 1. The Balaban J connectivity index is 1.77. The van der Waals surface area contributed by atoms with Crippen LogP contribution >= 0.6 is 0 Å². The highest BCUT2D eigenvalue weighted by Crippen LogP contribution is 2.18. The lowest BCUT2D eigenvalue weighted by Gasteiger charge is -2.26. The molecule has 3 heterocycles. The summed E-state index contributed by atoms with van der Waals surface area (Å²) in [6.07, 6.45) is 7.10. The Bertz CT molecular complexity index is 987. The number of benzene rings is 1. The molecule has 1 fully saturated rings. The van der Waals surface area contributed by atoms with Gasteiger partial charge in [0.25, 0.3) is 5.56 Å². The summed E-state index contributed by atoms with van der Waals surface area (Å²) in [7, 11) is 0. The first-order valence-corrected chi connectivity index (χ1v) is 8.84. The maximum atomic E-state index is 12.9. The predicted octanol–water partition coefficient (Wildman–Crippen LogP) is 3.39. The summed E-state index contributed by atoms with van der Waals surface area (Å²) in [5, 5.41) is 0.557. The molecule has 3 aromatic rings. The number of aromatic nitrogens is 3. The molecule has 4 rings (SSSR count). The second kappa shape index (κ2) is 6.31. The van der Waals surface area contributed by atoms with E-state index in [0.717, 1.165) is 24.7 Å². The smallest absolute Gasteiger partial charge is 0.266 e. The van der Waals surface area contributed by atoms with E-state index in [1.165, 1.54) is 30.4 Å². The van der Waals surface area contributed by atoms with E-state index in [1.54, 1.807) is 10.8 Å². The summed E-state index contributed by atoms with van der Waals surface area (Å²) in [6.45, 7) is 6.10. The van der Waals surface area contributed by atoms with Crippen molar-refractivity contribution < 1.29 is 0 Å². The first kappa shape index (κ1) is 15.8. The van der Waals surface area contributed by atoms with Crippen LogP contribution in [0.3, 0.4) is 0 Å². The van der Waals surface area contributed by atoms with Gasteiger partial charge < -0.3 is 4.90 Å². The Labute approximate surface area is 147 Å². The van der Waals surface area contributed by atoms with Crippen LogP contribution < -0.4 is 10.5 Å². The second-order valence-electron chi connectivity index (χ2n) is 6.78. The van der Waals surface area contributed by atoms with Crippen LogP contribution in [-0.4, -0.2) is 27.6 Å². The van der Waals surface area contributed by atoms with Gasteiger partial charge in [-0.05, 0) is 62.4 Å². The van der Waals surface area contributed by atoms with E-state index in [1.807, 2.05) is 30.5 Å². The molecule has 0 aliphatic carbocycles. The Morgan fingerprint density at radius 1 is 1.00 bits per heavy atom. The molecule has 0 bridgehead atoms. The van der Waals surface area contributed by atoms with Crippen LogP contribution in [0.25, 0.3) is 16.6 Å². The second-order valence-corrected chi connectivity index (χ2v) is 6.78. The zero-order chi connectivity index (χ0) is 17.4. The predicted molar refractivity (Wildman–Crippen MR) is 101 cm³/mol. The van der Waals surface area contributed by atoms with Crippen LogP contribution in [-0.2, 0) is 0 Å². The van der Waals surface area contributed by atoms with Crippen molar-refractivity contribution >= 4 is 16.9 Å². The van der Waals surface area contributed by atoms with Crippen molar-refractivity contribution in [2.75, 3.05) is 18.0 Å². The number of piperidine rings is 1. The number of aryl methyl sites for hydroxylation is 2. The minimum Gasteiger partial charge on any atom is -0.341 e. The van der Waals surface area contributed by atoms with E-state index in [0.29, 0.717) is 10.9 Å². The normalized spacial score (nSPS) is 14.9. The minimum atomic E-state index is -0.0778. The van der Waals surface area contributed by atoms with Crippen molar-refractivity contribution in [3.8, 4) is 5.69 Å². The van der Waals surface area contributed by atoms with Crippen molar-refractivity contribution in [2.45, 2.75) is 33.1 Å². The number of hydrogen-bond donors (Lipinski definition) is 0. The van der Waals surface area contributed by atoms with Crippen molar-refractivity contribution in [3.05, 3.63) is 58.1 Å². The van der Waals surface area contributed by atoms with E-state index in [9.17, 15) is 4.79 Å². The van der Waals surface area contributed by atoms with Crippen molar-refractivity contribution in [1.29, 1.82) is 0 Å². The molecule has 1 aliphatic rings. The van der Waals surface area contributed by atoms with E-state index in [4.69, 9.17) is 0 Å². The summed E-state index contributed by atoms with van der Waals surface area (Å²) in [6, 6.07) is 7.95. The van der Waals surface area contributed by atoms with Gasteiger partial charge in [-0.2, -0.15) is 0 Å². The van der Waals surface area contributed by atoms with Gasteiger partial charge in [0.15, 0.2) is 0 Å². The molecule has 0 N–H and O–H groups in total. The molecule has 1 saturated heterocycles. The Morgan fingerprint density at radius 2 is 1.80 bits per heavy atom. The lowest BCUT2D eigenvalue weighted by Crippen LogP contribution is -2.31. The van der Waals surface area contributed by atoms with E-state index < -0.39 is 0 Å². The summed E-state index contributed by atoms with van der Waals surface area (Å²) in [5.41, 5.74) is 3.88. The van der Waals surface area contributed by atoms with Gasteiger partial charge in [-0.1, -0.05) is 6.07 Å². The maximum absolute atomic E-state index is 12.9. The number of nitrogens with zero attached hydrogens (tertiary/aromatic N) is 4. The molecule has 0 spiro atoms. The Morgan fingerprint density at radius 3 is 2.56 bits per heavy atom. The first-order valence-electron chi connectivity index (χ1n) is 8.84. The van der Waals surface area contributed by atoms with E-state index in [-0.39, 0.29) is 5.56 Å². The molecule has 5 heteroatoms. The molecule has 25 heavy (non-hydrogen) atoms. The fourth-order valence-corrected chi connectivity index (χ4v) is 3.34. The minimum absolute atomic E-state index is 0.0778. The maximum Gasteiger partial charge on any atom is 0.266 e. The fourth-order valence-electron chi connectivity index (χ4n) is 3.34. The van der Waals surface area contributed by atoms with Gasteiger partial charge in [0.05, 0.1) is 10.9 Å². The third-order valence-corrected chi connectivity index (χ3v) is 5.04. The number of hydrogen-bond acceptors (Lipinski definition) is 4. The monoisotopic (exact) mass is 334 g/mol. The Hall–Kier alpha value is -2.69. The standard InChI is InChI=1S/C20H22N4O/c1-14-6-7-16(12-15(14)2)24-11-8-18-17(19(24)25)13-21-20(22-18)23-9-4-3-5-10-23/h6-8,11-13H,3-5,9-10H2,1-2H3. The molecule has 2 aromatic heterocycles. The van der Waals surface area contributed by atoms with Crippen LogP contribution in [0.1, 0.15) is 30.4 Å². The fraction of sp³-hybridized carbons (Fsp3) is 0.350. The summed E-state index contributed by atoms with van der Waals surface area (Å²) in [5.74, 6) is 0.732. The van der Waals surface area contributed by atoms with Gasteiger partial charge in [-0.15, -0.1) is 0 Å². The number of rotatable bonds is 2. The van der Waals surface area contributed by atoms with Gasteiger partial charge in [0, 0.05) is 31.2 Å². The SMILES string of the molecule is Cc1ccc(-n2ccc3nc(N4CCCCC4)ncc3c2=O)cc1C. The van der Waals surface area contributed by atoms with Crippen LogP contribution in [0.5, 0.6) is 0 Å². The molecule has 0 amide bonds. The molecule has 1 aliphatic heterocycles. The molecular weight excluding hydrogens is 312 g/mol. The average Bonchev–Trinajstić information content (AvgIpc) is 2.65. The van der Waals surface area contributed by atoms with E-state index in [2.05, 4.69) is 28.7 Å². The average molecular weight is 334 g/mol. The summed E-state index contributed by atoms with van der Waals surface area (Å²) >= 11 is 0.